The quantitative estimate of drug-likeness (QED) is 0.679. The van der Waals surface area contributed by atoms with Crippen LogP contribution < -0.4 is 5.32 Å². The van der Waals surface area contributed by atoms with Crippen LogP contribution in [0.5, 0.6) is 0 Å². The molecule has 0 radical (unpaired) electrons. The fourth-order valence-corrected chi connectivity index (χ4v) is 2.26. The summed E-state index contributed by atoms with van der Waals surface area (Å²) in [6, 6.07) is 0. The van der Waals surface area contributed by atoms with Crippen molar-refractivity contribution in [2.24, 2.45) is 4.99 Å². The van der Waals surface area contributed by atoms with E-state index in [-0.39, 0.29) is 6.54 Å². The second kappa shape index (κ2) is 6.15. The predicted molar refractivity (Wildman–Crippen MR) is 69.3 cm³/mol. The molecule has 2 rings (SSSR count). The molecule has 1 aromatic rings. The molecule has 20 heavy (non-hydrogen) atoms. The van der Waals surface area contributed by atoms with Gasteiger partial charge in [-0.2, -0.15) is 13.2 Å². The molecule has 1 aliphatic heterocycles. The number of hydrogen-bond donors (Lipinski definition) is 1. The van der Waals surface area contributed by atoms with Crippen LogP contribution in [0.4, 0.5) is 13.2 Å². The molecule has 0 bridgehead atoms. The van der Waals surface area contributed by atoms with Crippen molar-refractivity contribution in [2.45, 2.75) is 32.1 Å². The van der Waals surface area contributed by atoms with Crippen molar-refractivity contribution >= 4 is 5.96 Å². The minimum atomic E-state index is -4.24. The number of aliphatic imine (C=N–C) groups is 1. The van der Waals surface area contributed by atoms with E-state index < -0.39 is 12.7 Å². The van der Waals surface area contributed by atoms with Crippen LogP contribution in [-0.4, -0.2) is 46.7 Å². The third-order valence-electron chi connectivity index (χ3n) is 3.17. The second-order valence-corrected chi connectivity index (χ2v) is 4.68. The maximum Gasteiger partial charge on any atom is 0.406 e. The molecular formula is C12H18F3N5. The minimum Gasteiger partial charge on any atom is -0.349 e. The summed E-state index contributed by atoms with van der Waals surface area (Å²) < 4.78 is 38.3. The van der Waals surface area contributed by atoms with Gasteiger partial charge in [0.05, 0.1) is 6.54 Å². The third-order valence-corrected chi connectivity index (χ3v) is 3.17. The number of hydrogen-bond acceptors (Lipinski definition) is 2. The molecule has 0 saturated carbocycles. The molecule has 8 heteroatoms. The topological polar surface area (TPSA) is 45.5 Å². The highest BCUT2D eigenvalue weighted by Crippen LogP contribution is 2.18. The van der Waals surface area contributed by atoms with Crippen LogP contribution in [0.2, 0.25) is 0 Å². The summed E-state index contributed by atoms with van der Waals surface area (Å²) in [6.07, 6.45) is 0.698. The van der Waals surface area contributed by atoms with Gasteiger partial charge in [0.25, 0.3) is 0 Å². The Kier molecular flexibility index (Phi) is 4.51. The molecule has 5 nitrogen and oxygen atoms in total. The molecular weight excluding hydrogens is 271 g/mol. The number of imidazole rings is 1. The SMILES string of the molecule is CN=C(NCc1nccn1CC(F)(F)F)N1CCCC1. The molecule has 1 N–H and O–H groups in total. The zero-order valence-corrected chi connectivity index (χ0v) is 11.3. The Labute approximate surface area is 115 Å². The Morgan fingerprint density at radius 3 is 2.70 bits per heavy atom. The van der Waals surface area contributed by atoms with Gasteiger partial charge >= 0.3 is 6.18 Å². The number of nitrogens with zero attached hydrogens (tertiary/aromatic N) is 4. The molecule has 0 aliphatic carbocycles. The van der Waals surface area contributed by atoms with Crippen molar-refractivity contribution in [3.05, 3.63) is 18.2 Å². The van der Waals surface area contributed by atoms with Gasteiger partial charge in [0.1, 0.15) is 12.4 Å². The van der Waals surface area contributed by atoms with Gasteiger partial charge in [0, 0.05) is 32.5 Å². The normalized spacial score (nSPS) is 16.8. The standard InChI is InChI=1S/C12H18F3N5/c1-16-11(19-5-2-3-6-19)18-8-10-17-4-7-20(10)9-12(13,14)15/h4,7H,2-3,5-6,8-9H2,1H3,(H,16,18). The van der Waals surface area contributed by atoms with Gasteiger partial charge in [-0.1, -0.05) is 0 Å². The van der Waals surface area contributed by atoms with E-state index in [1.165, 1.54) is 12.4 Å². The second-order valence-electron chi connectivity index (χ2n) is 4.68. The Morgan fingerprint density at radius 2 is 2.10 bits per heavy atom. The van der Waals surface area contributed by atoms with Crippen LogP contribution in [0.25, 0.3) is 0 Å². The van der Waals surface area contributed by atoms with E-state index in [0.717, 1.165) is 30.5 Å². The molecule has 1 aliphatic rings. The lowest BCUT2D eigenvalue weighted by molar-refractivity contribution is -0.141. The van der Waals surface area contributed by atoms with Crippen molar-refractivity contribution in [3.63, 3.8) is 0 Å². The molecule has 1 aromatic heterocycles. The van der Waals surface area contributed by atoms with Crippen molar-refractivity contribution in [2.75, 3.05) is 20.1 Å². The fraction of sp³-hybridized carbons (Fsp3) is 0.667. The summed E-state index contributed by atoms with van der Waals surface area (Å²) in [6.45, 7) is 1.06. The molecule has 1 saturated heterocycles. The van der Waals surface area contributed by atoms with Crippen molar-refractivity contribution in [3.8, 4) is 0 Å². The average molecular weight is 289 g/mol. The fourth-order valence-electron chi connectivity index (χ4n) is 2.26. The smallest absolute Gasteiger partial charge is 0.349 e. The third kappa shape index (κ3) is 3.88. The highest BCUT2D eigenvalue weighted by molar-refractivity contribution is 5.79. The number of alkyl halides is 3. The van der Waals surface area contributed by atoms with Crippen molar-refractivity contribution in [1.29, 1.82) is 0 Å². The van der Waals surface area contributed by atoms with Crippen LogP contribution in [0, 0.1) is 0 Å². The van der Waals surface area contributed by atoms with E-state index in [9.17, 15) is 13.2 Å². The first-order valence-electron chi connectivity index (χ1n) is 6.52. The molecule has 0 amide bonds. The summed E-state index contributed by atoms with van der Waals surface area (Å²) in [7, 11) is 1.67. The maximum atomic E-state index is 12.4. The average Bonchev–Trinajstić information content (AvgIpc) is 3.00. The summed E-state index contributed by atoms with van der Waals surface area (Å²) in [5, 5.41) is 3.07. The lowest BCUT2D eigenvalue weighted by atomic mass is 10.4. The van der Waals surface area contributed by atoms with E-state index in [0.29, 0.717) is 11.8 Å². The first-order chi connectivity index (χ1) is 9.49. The summed E-state index contributed by atoms with van der Waals surface area (Å²) in [5.74, 6) is 1.06. The predicted octanol–water partition coefficient (Wildman–Crippen LogP) is 1.62. The lowest BCUT2D eigenvalue weighted by Crippen LogP contribution is -2.39. The number of aromatic nitrogens is 2. The van der Waals surface area contributed by atoms with E-state index in [1.807, 2.05) is 0 Å². The van der Waals surface area contributed by atoms with Crippen molar-refractivity contribution in [1.82, 2.24) is 19.8 Å². The Hall–Kier alpha value is -1.73. The first-order valence-corrected chi connectivity index (χ1v) is 6.52. The summed E-state index contributed by atoms with van der Waals surface area (Å²) in [5.41, 5.74) is 0. The maximum absolute atomic E-state index is 12.4. The van der Waals surface area contributed by atoms with Gasteiger partial charge in [-0.15, -0.1) is 0 Å². The molecule has 112 valence electrons. The van der Waals surface area contributed by atoms with Crippen LogP contribution in [0.3, 0.4) is 0 Å². The number of nitrogens with one attached hydrogen (secondary N) is 1. The van der Waals surface area contributed by atoms with Gasteiger partial charge in [-0.05, 0) is 12.8 Å². The highest BCUT2D eigenvalue weighted by atomic mass is 19.4. The Bertz CT molecular complexity index is 460. The monoisotopic (exact) mass is 289 g/mol. The van der Waals surface area contributed by atoms with E-state index in [1.54, 1.807) is 7.05 Å². The Balaban J connectivity index is 1.95. The first kappa shape index (κ1) is 14.7. The van der Waals surface area contributed by atoms with Gasteiger partial charge in [-0.3, -0.25) is 4.99 Å². The van der Waals surface area contributed by atoms with E-state index >= 15 is 0 Å². The number of rotatable bonds is 3. The lowest BCUT2D eigenvalue weighted by Gasteiger charge is -2.21. The number of likely N-dealkylation sites (tertiary alicyclic amines) is 1. The zero-order valence-electron chi connectivity index (χ0n) is 11.3. The largest absolute Gasteiger partial charge is 0.406 e. The molecule has 0 atom stereocenters. The van der Waals surface area contributed by atoms with E-state index in [4.69, 9.17) is 0 Å². The van der Waals surface area contributed by atoms with Gasteiger partial charge in [0.15, 0.2) is 5.96 Å². The summed E-state index contributed by atoms with van der Waals surface area (Å²) >= 11 is 0. The molecule has 1 fully saturated rings. The van der Waals surface area contributed by atoms with E-state index in [2.05, 4.69) is 20.2 Å². The van der Waals surface area contributed by atoms with Crippen LogP contribution >= 0.6 is 0 Å². The highest BCUT2D eigenvalue weighted by Gasteiger charge is 2.28. The van der Waals surface area contributed by atoms with Crippen LogP contribution in [-0.2, 0) is 13.1 Å². The van der Waals surface area contributed by atoms with Crippen LogP contribution in [0.15, 0.2) is 17.4 Å². The van der Waals surface area contributed by atoms with Crippen LogP contribution in [0.1, 0.15) is 18.7 Å². The molecule has 0 aromatic carbocycles. The zero-order chi connectivity index (χ0) is 14.6. The van der Waals surface area contributed by atoms with Crippen molar-refractivity contribution < 1.29 is 13.2 Å². The number of guanidine groups is 1. The van der Waals surface area contributed by atoms with Gasteiger partial charge in [-0.25, -0.2) is 4.98 Å². The minimum absolute atomic E-state index is 0.228. The summed E-state index contributed by atoms with van der Waals surface area (Å²) in [4.78, 5) is 10.2. The van der Waals surface area contributed by atoms with Gasteiger partial charge in [0.2, 0.25) is 0 Å². The molecule has 2 heterocycles. The number of halogens is 3. The molecule has 0 spiro atoms. The van der Waals surface area contributed by atoms with Gasteiger partial charge < -0.3 is 14.8 Å². The molecule has 0 unspecified atom stereocenters. The Morgan fingerprint density at radius 1 is 1.40 bits per heavy atom.